The van der Waals surface area contributed by atoms with Crippen molar-refractivity contribution in [1.82, 2.24) is 9.88 Å². The third-order valence-electron chi connectivity index (χ3n) is 6.09. The number of aliphatic imine (C=N–C) groups is 1. The predicted octanol–water partition coefficient (Wildman–Crippen LogP) is 2.04. The molecule has 1 aromatic heterocycles. The van der Waals surface area contributed by atoms with E-state index in [0.29, 0.717) is 30.2 Å². The van der Waals surface area contributed by atoms with Crippen molar-refractivity contribution < 1.29 is 9.47 Å². The normalized spacial score (nSPS) is 27.0. The highest BCUT2D eigenvalue weighted by Gasteiger charge is 2.34. The number of nitrogens with two attached hydrogens (primary N) is 3. The number of pyridine rings is 1. The molecule has 3 rings (SSSR count). The van der Waals surface area contributed by atoms with Crippen LogP contribution in [0.4, 0.5) is 0 Å². The van der Waals surface area contributed by atoms with Crippen LogP contribution in [0.3, 0.4) is 0 Å². The fraction of sp³-hybridized carbons (Fsp3) is 0.500. The van der Waals surface area contributed by atoms with E-state index in [2.05, 4.69) is 40.9 Å². The van der Waals surface area contributed by atoms with Gasteiger partial charge in [0, 0.05) is 43.5 Å². The molecular weight excluding hydrogens is 404 g/mol. The Morgan fingerprint density at radius 3 is 2.75 bits per heavy atom. The summed E-state index contributed by atoms with van der Waals surface area (Å²) in [7, 11) is 1.61. The summed E-state index contributed by atoms with van der Waals surface area (Å²) in [6.07, 6.45) is 10.2. The zero-order valence-electron chi connectivity index (χ0n) is 19.5. The first-order valence-corrected chi connectivity index (χ1v) is 11.0. The lowest BCUT2D eigenvalue weighted by molar-refractivity contribution is -0.0647. The molecule has 8 heteroatoms. The van der Waals surface area contributed by atoms with E-state index >= 15 is 0 Å². The van der Waals surface area contributed by atoms with E-state index in [0.717, 1.165) is 24.2 Å². The molecule has 1 fully saturated rings. The van der Waals surface area contributed by atoms with Crippen molar-refractivity contribution in [1.29, 1.82) is 0 Å². The van der Waals surface area contributed by atoms with Gasteiger partial charge in [0.2, 0.25) is 5.88 Å². The molecule has 0 spiro atoms. The molecule has 0 radical (unpaired) electrons. The van der Waals surface area contributed by atoms with Gasteiger partial charge in [0.05, 0.1) is 36.9 Å². The quantitative estimate of drug-likeness (QED) is 0.438. The topological polar surface area (TPSA) is 125 Å². The number of ether oxygens (including phenoxy) is 2. The van der Waals surface area contributed by atoms with Gasteiger partial charge in [0.25, 0.3) is 0 Å². The number of hydrogen-bond acceptors (Lipinski definition) is 7. The van der Waals surface area contributed by atoms with E-state index in [-0.39, 0.29) is 18.1 Å². The van der Waals surface area contributed by atoms with Gasteiger partial charge >= 0.3 is 0 Å². The lowest BCUT2D eigenvalue weighted by Crippen LogP contribution is -2.46. The first-order chi connectivity index (χ1) is 15.2. The Labute approximate surface area is 190 Å². The van der Waals surface area contributed by atoms with Gasteiger partial charge < -0.3 is 26.7 Å². The van der Waals surface area contributed by atoms with Crippen molar-refractivity contribution in [2.45, 2.75) is 50.9 Å². The zero-order chi connectivity index (χ0) is 23.3. The molecule has 1 aliphatic heterocycles. The molecule has 1 saturated heterocycles. The molecule has 0 bridgehead atoms. The zero-order valence-corrected chi connectivity index (χ0v) is 19.5. The van der Waals surface area contributed by atoms with Crippen LogP contribution in [0.15, 0.2) is 58.5 Å². The van der Waals surface area contributed by atoms with Crippen LogP contribution in [0.2, 0.25) is 0 Å². The second-order valence-corrected chi connectivity index (χ2v) is 8.78. The number of hydrogen-bond donors (Lipinski definition) is 3. The third-order valence-corrected chi connectivity index (χ3v) is 6.09. The molecule has 0 amide bonds. The maximum Gasteiger partial charge on any atom is 0.213 e. The van der Waals surface area contributed by atoms with E-state index in [4.69, 9.17) is 26.7 Å². The predicted molar refractivity (Wildman–Crippen MR) is 128 cm³/mol. The first kappa shape index (κ1) is 24.0. The van der Waals surface area contributed by atoms with Crippen molar-refractivity contribution in [2.24, 2.45) is 22.2 Å². The Bertz CT molecular complexity index is 911. The van der Waals surface area contributed by atoms with Crippen LogP contribution in [0.25, 0.3) is 0 Å². The Balaban J connectivity index is 1.84. The van der Waals surface area contributed by atoms with Gasteiger partial charge in [-0.3, -0.25) is 4.90 Å². The van der Waals surface area contributed by atoms with E-state index < -0.39 is 5.54 Å². The minimum atomic E-state index is -0.871. The average molecular weight is 441 g/mol. The van der Waals surface area contributed by atoms with Gasteiger partial charge in [-0.2, -0.15) is 0 Å². The first-order valence-electron chi connectivity index (χ1n) is 11.0. The van der Waals surface area contributed by atoms with Gasteiger partial charge in [-0.05, 0) is 56.5 Å². The number of morpholine rings is 1. The molecule has 0 saturated carbocycles. The Kier molecular flexibility index (Phi) is 7.71. The summed E-state index contributed by atoms with van der Waals surface area (Å²) >= 11 is 0. The molecule has 2 heterocycles. The van der Waals surface area contributed by atoms with E-state index in [9.17, 15) is 0 Å². The van der Waals surface area contributed by atoms with Crippen LogP contribution in [0.1, 0.15) is 38.7 Å². The Hall–Kier alpha value is -2.68. The second kappa shape index (κ2) is 10.3. The number of nitrogens with zero attached hydrogens (tertiary/aromatic N) is 3. The number of aromatic nitrogens is 1. The SMILES string of the molecule is COc1cc(C2C=CC(N)=C(C(C)(N)/C(=C/CN3C[C@@H](C)O[C@@H](C)C3)N=CN)C2)ccn1. The average Bonchev–Trinajstić information content (AvgIpc) is 2.76. The highest BCUT2D eigenvalue weighted by molar-refractivity contribution is 5.56. The molecule has 1 aromatic rings. The van der Waals surface area contributed by atoms with Crippen molar-refractivity contribution in [3.05, 3.63) is 59.1 Å². The molecule has 4 atom stereocenters. The Morgan fingerprint density at radius 1 is 1.38 bits per heavy atom. The van der Waals surface area contributed by atoms with Crippen molar-refractivity contribution in [3.8, 4) is 5.88 Å². The van der Waals surface area contributed by atoms with Gasteiger partial charge in [0.15, 0.2) is 0 Å². The van der Waals surface area contributed by atoms with Crippen molar-refractivity contribution >= 4 is 6.34 Å². The summed E-state index contributed by atoms with van der Waals surface area (Å²) < 4.78 is 11.1. The highest BCUT2D eigenvalue weighted by Crippen LogP contribution is 2.38. The van der Waals surface area contributed by atoms with Crippen LogP contribution in [-0.2, 0) is 4.74 Å². The molecular formula is C24H36N6O2. The summed E-state index contributed by atoms with van der Waals surface area (Å²) in [5, 5.41) is 0. The largest absolute Gasteiger partial charge is 0.481 e. The molecule has 1 aliphatic carbocycles. The fourth-order valence-electron chi connectivity index (χ4n) is 4.52. The summed E-state index contributed by atoms with van der Waals surface area (Å²) in [4.78, 5) is 11.0. The summed E-state index contributed by atoms with van der Waals surface area (Å²) in [5.74, 6) is 0.693. The van der Waals surface area contributed by atoms with Gasteiger partial charge in [-0.25, -0.2) is 9.98 Å². The molecule has 174 valence electrons. The number of rotatable bonds is 7. The highest BCUT2D eigenvalue weighted by atomic mass is 16.5. The second-order valence-electron chi connectivity index (χ2n) is 8.78. The van der Waals surface area contributed by atoms with Crippen LogP contribution in [-0.4, -0.2) is 60.7 Å². The monoisotopic (exact) mass is 440 g/mol. The lowest BCUT2D eigenvalue weighted by atomic mass is 9.77. The molecule has 0 aromatic carbocycles. The van der Waals surface area contributed by atoms with E-state index in [1.165, 1.54) is 6.34 Å². The molecule has 32 heavy (non-hydrogen) atoms. The van der Waals surface area contributed by atoms with Crippen LogP contribution >= 0.6 is 0 Å². The molecule has 8 nitrogen and oxygen atoms in total. The maximum absolute atomic E-state index is 6.89. The van der Waals surface area contributed by atoms with Crippen molar-refractivity contribution in [2.75, 3.05) is 26.7 Å². The van der Waals surface area contributed by atoms with Crippen LogP contribution < -0.4 is 21.9 Å². The van der Waals surface area contributed by atoms with Crippen LogP contribution in [0, 0.1) is 0 Å². The number of allylic oxidation sites excluding steroid dienone is 2. The minimum absolute atomic E-state index is 0.112. The summed E-state index contributed by atoms with van der Waals surface area (Å²) in [6, 6.07) is 3.93. The van der Waals surface area contributed by atoms with Crippen molar-refractivity contribution in [3.63, 3.8) is 0 Å². The van der Waals surface area contributed by atoms with E-state index in [1.807, 2.05) is 25.1 Å². The molecule has 2 aliphatic rings. The molecule has 6 N–H and O–H groups in total. The van der Waals surface area contributed by atoms with Gasteiger partial charge in [-0.15, -0.1) is 0 Å². The van der Waals surface area contributed by atoms with Crippen LogP contribution in [0.5, 0.6) is 5.88 Å². The molecule has 2 unspecified atom stereocenters. The fourth-order valence-corrected chi connectivity index (χ4v) is 4.52. The minimum Gasteiger partial charge on any atom is -0.481 e. The maximum atomic E-state index is 6.89. The summed E-state index contributed by atoms with van der Waals surface area (Å²) in [5.41, 5.74) is 21.5. The lowest BCUT2D eigenvalue weighted by Gasteiger charge is -2.36. The Morgan fingerprint density at radius 2 is 2.09 bits per heavy atom. The summed E-state index contributed by atoms with van der Waals surface area (Å²) in [6.45, 7) is 8.56. The van der Waals surface area contributed by atoms with Gasteiger partial charge in [-0.1, -0.05) is 6.08 Å². The smallest absolute Gasteiger partial charge is 0.213 e. The van der Waals surface area contributed by atoms with Gasteiger partial charge in [0.1, 0.15) is 0 Å². The number of methoxy groups -OCH3 is 1. The third kappa shape index (κ3) is 5.56. The van der Waals surface area contributed by atoms with E-state index in [1.54, 1.807) is 13.3 Å². The standard InChI is InChI=1S/C24H36N6O2/c1-16-13-30(14-17(2)32-16)10-8-22(29-15-25)24(3,27)20-11-18(5-6-21(20)26)19-7-9-28-23(12-19)31-4/h5-9,12,15-18H,10-11,13-14,26-27H2,1-4H3,(H2,25,29)/b22-8-/t16-,17+,18?,24?.